The fourth-order valence-electron chi connectivity index (χ4n) is 3.45. The maximum atomic E-state index is 13.6. The van der Waals surface area contributed by atoms with Gasteiger partial charge in [-0.3, -0.25) is 4.79 Å². The molecule has 6 heteroatoms. The second-order valence-electron chi connectivity index (χ2n) is 6.44. The van der Waals surface area contributed by atoms with E-state index >= 15 is 0 Å². The number of fused-ring (bicyclic) bond motifs is 1. The molecule has 1 aromatic heterocycles. The summed E-state index contributed by atoms with van der Waals surface area (Å²) in [5, 5.41) is 10.0. The van der Waals surface area contributed by atoms with Crippen molar-refractivity contribution in [2.45, 2.75) is 25.3 Å². The monoisotopic (exact) mass is 358 g/mol. The van der Waals surface area contributed by atoms with E-state index in [2.05, 4.69) is 4.98 Å². The van der Waals surface area contributed by atoms with Gasteiger partial charge in [-0.05, 0) is 42.7 Å². The van der Waals surface area contributed by atoms with E-state index in [9.17, 15) is 14.3 Å². The number of nitrogens with zero attached hydrogens (tertiary/aromatic N) is 2. The molecule has 4 rings (SSSR count). The summed E-state index contributed by atoms with van der Waals surface area (Å²) < 4.78 is 15.6. The van der Waals surface area contributed by atoms with E-state index < -0.39 is 11.9 Å². The number of aliphatic carboxylic acids is 1. The maximum Gasteiger partial charge on any atom is 0.307 e. The van der Waals surface area contributed by atoms with Gasteiger partial charge < -0.3 is 9.67 Å². The lowest BCUT2D eigenvalue weighted by Crippen LogP contribution is -2.33. The Morgan fingerprint density at radius 2 is 2.00 bits per heavy atom. The minimum Gasteiger partial charge on any atom is -0.481 e. The molecule has 0 aliphatic heterocycles. The van der Waals surface area contributed by atoms with Crippen LogP contribution in [-0.4, -0.2) is 20.6 Å². The molecule has 2 atom stereocenters. The number of halogens is 2. The summed E-state index contributed by atoms with van der Waals surface area (Å²) >= 11 is 5.95. The molecule has 1 fully saturated rings. The van der Waals surface area contributed by atoms with Gasteiger partial charge >= 0.3 is 5.97 Å². The molecule has 2 aromatic carbocycles. The van der Waals surface area contributed by atoms with Crippen LogP contribution in [0.2, 0.25) is 5.02 Å². The molecule has 0 spiro atoms. The van der Waals surface area contributed by atoms with Crippen molar-refractivity contribution in [1.82, 2.24) is 9.55 Å². The highest BCUT2D eigenvalue weighted by atomic mass is 35.5. The van der Waals surface area contributed by atoms with Gasteiger partial charge in [0, 0.05) is 23.6 Å². The van der Waals surface area contributed by atoms with Gasteiger partial charge in [-0.25, -0.2) is 9.37 Å². The number of hydrogen-bond acceptors (Lipinski definition) is 2. The summed E-state index contributed by atoms with van der Waals surface area (Å²) in [6.07, 6.45) is 1.43. The van der Waals surface area contributed by atoms with Gasteiger partial charge in [0.15, 0.2) is 0 Å². The van der Waals surface area contributed by atoms with Crippen molar-refractivity contribution in [2.24, 2.45) is 5.92 Å². The third-order valence-corrected chi connectivity index (χ3v) is 5.17. The van der Waals surface area contributed by atoms with Crippen molar-refractivity contribution in [3.63, 3.8) is 0 Å². The van der Waals surface area contributed by atoms with Crippen LogP contribution in [0.1, 0.15) is 30.1 Å². The van der Waals surface area contributed by atoms with E-state index in [1.54, 1.807) is 6.07 Å². The van der Waals surface area contributed by atoms with Crippen molar-refractivity contribution >= 4 is 28.6 Å². The molecule has 1 heterocycles. The highest BCUT2D eigenvalue weighted by molar-refractivity contribution is 6.30. The number of rotatable bonds is 4. The zero-order valence-electron chi connectivity index (χ0n) is 13.3. The van der Waals surface area contributed by atoms with Crippen LogP contribution in [0.25, 0.3) is 11.0 Å². The zero-order chi connectivity index (χ0) is 17.6. The number of aromatic nitrogens is 2. The van der Waals surface area contributed by atoms with Crippen LogP contribution in [0.4, 0.5) is 4.39 Å². The predicted molar refractivity (Wildman–Crippen MR) is 93.3 cm³/mol. The average Bonchev–Trinajstić information content (AvgIpc) is 2.85. The maximum absolute atomic E-state index is 13.6. The lowest BCUT2D eigenvalue weighted by molar-refractivity contribution is -0.145. The van der Waals surface area contributed by atoms with E-state index in [1.807, 2.05) is 28.8 Å². The average molecular weight is 359 g/mol. The molecule has 1 aliphatic carbocycles. The van der Waals surface area contributed by atoms with Crippen LogP contribution in [-0.2, 0) is 11.3 Å². The van der Waals surface area contributed by atoms with E-state index in [-0.39, 0.29) is 11.7 Å². The number of benzene rings is 2. The molecule has 4 nitrogen and oxygen atoms in total. The number of imidazole rings is 1. The quantitative estimate of drug-likeness (QED) is 0.749. The van der Waals surface area contributed by atoms with Crippen LogP contribution in [0.3, 0.4) is 0 Å². The second kappa shape index (κ2) is 6.15. The smallest absolute Gasteiger partial charge is 0.307 e. The van der Waals surface area contributed by atoms with Crippen molar-refractivity contribution in [3.05, 3.63) is 64.7 Å². The summed E-state index contributed by atoms with van der Waals surface area (Å²) in [5.74, 6) is -0.994. The van der Waals surface area contributed by atoms with Crippen LogP contribution in [0, 0.1) is 11.7 Å². The summed E-state index contributed by atoms with van der Waals surface area (Å²) in [4.78, 5) is 16.0. The predicted octanol–water partition coefficient (Wildman–Crippen LogP) is 4.46. The van der Waals surface area contributed by atoms with Crippen LogP contribution < -0.4 is 0 Å². The molecule has 1 aliphatic rings. The molecule has 0 saturated heterocycles. The molecule has 0 radical (unpaired) electrons. The second-order valence-corrected chi connectivity index (χ2v) is 6.88. The van der Waals surface area contributed by atoms with E-state index in [0.29, 0.717) is 29.3 Å². The Balaban J connectivity index is 1.80. The molecule has 0 bridgehead atoms. The Labute approximate surface area is 148 Å². The van der Waals surface area contributed by atoms with E-state index in [1.165, 1.54) is 12.1 Å². The molecule has 1 saturated carbocycles. The first-order valence-electron chi connectivity index (χ1n) is 8.16. The van der Waals surface area contributed by atoms with Crippen molar-refractivity contribution < 1.29 is 14.3 Å². The molecule has 0 amide bonds. The lowest BCUT2D eigenvalue weighted by Gasteiger charge is -2.33. The van der Waals surface area contributed by atoms with Crippen LogP contribution in [0.15, 0.2) is 42.5 Å². The first kappa shape index (κ1) is 16.1. The van der Waals surface area contributed by atoms with Gasteiger partial charge in [0.1, 0.15) is 11.6 Å². The molecule has 1 N–H and O–H groups in total. The van der Waals surface area contributed by atoms with Crippen molar-refractivity contribution in [3.8, 4) is 0 Å². The topological polar surface area (TPSA) is 55.1 Å². The van der Waals surface area contributed by atoms with Crippen LogP contribution in [0.5, 0.6) is 0 Å². The van der Waals surface area contributed by atoms with Gasteiger partial charge in [0.2, 0.25) is 0 Å². The minimum atomic E-state index is -0.799. The van der Waals surface area contributed by atoms with E-state index in [0.717, 1.165) is 17.5 Å². The highest BCUT2D eigenvalue weighted by Gasteiger charge is 2.40. The van der Waals surface area contributed by atoms with Crippen molar-refractivity contribution in [1.29, 1.82) is 0 Å². The Morgan fingerprint density at radius 3 is 2.64 bits per heavy atom. The van der Waals surface area contributed by atoms with Crippen LogP contribution >= 0.6 is 11.6 Å². The molecule has 25 heavy (non-hydrogen) atoms. The Kier molecular flexibility index (Phi) is 3.96. The first-order valence-corrected chi connectivity index (χ1v) is 8.53. The lowest BCUT2D eigenvalue weighted by atomic mass is 9.73. The number of carboxylic acid groups (broad SMARTS) is 1. The Bertz CT molecular complexity index is 952. The standard InChI is InChI=1S/C19H16ClFN2O2/c20-12-3-1-11(2-4-12)10-23-17-8-5-13(21)9-16(17)22-18(23)14-6-7-15(14)19(24)25/h1-5,8-9,14-15H,6-7,10H2,(H,24,25)/t14-,15-/m0/s1. The van der Waals surface area contributed by atoms with Gasteiger partial charge in [-0.2, -0.15) is 0 Å². The fraction of sp³-hybridized carbons (Fsp3) is 0.263. The van der Waals surface area contributed by atoms with E-state index in [4.69, 9.17) is 11.6 Å². The number of carboxylic acids is 1. The summed E-state index contributed by atoms with van der Waals surface area (Å²) in [5.41, 5.74) is 2.39. The molecule has 0 unspecified atom stereocenters. The molecule has 3 aromatic rings. The Morgan fingerprint density at radius 1 is 1.24 bits per heavy atom. The van der Waals surface area contributed by atoms with Gasteiger partial charge in [0.05, 0.1) is 17.0 Å². The number of hydrogen-bond donors (Lipinski definition) is 1. The first-order chi connectivity index (χ1) is 12.0. The third-order valence-electron chi connectivity index (χ3n) is 4.92. The molecular weight excluding hydrogens is 343 g/mol. The van der Waals surface area contributed by atoms with Gasteiger partial charge in [-0.1, -0.05) is 23.7 Å². The third kappa shape index (κ3) is 2.89. The van der Waals surface area contributed by atoms with Gasteiger partial charge in [-0.15, -0.1) is 0 Å². The SMILES string of the molecule is O=C(O)[C@H]1CC[C@@H]1c1nc2cc(F)ccc2n1Cc1ccc(Cl)cc1. The van der Waals surface area contributed by atoms with Gasteiger partial charge in [0.25, 0.3) is 0 Å². The normalized spacial score (nSPS) is 19.8. The minimum absolute atomic E-state index is 0.139. The summed E-state index contributed by atoms with van der Waals surface area (Å²) in [6, 6.07) is 12.0. The molecular formula is C19H16ClFN2O2. The fourth-order valence-corrected chi connectivity index (χ4v) is 3.57. The van der Waals surface area contributed by atoms with Crippen molar-refractivity contribution in [2.75, 3.05) is 0 Å². The summed E-state index contributed by atoms with van der Waals surface area (Å²) in [7, 11) is 0. The molecule has 128 valence electrons. The summed E-state index contributed by atoms with van der Waals surface area (Å²) in [6.45, 7) is 0.539. The zero-order valence-corrected chi connectivity index (χ0v) is 14.1. The number of carbonyl (C=O) groups is 1. The largest absolute Gasteiger partial charge is 0.481 e. The highest BCUT2D eigenvalue weighted by Crippen LogP contribution is 2.43. The Hall–Kier alpha value is -2.40.